The van der Waals surface area contributed by atoms with Gasteiger partial charge in [-0.15, -0.1) is 10.2 Å². The maximum atomic E-state index is 11.3. The van der Waals surface area contributed by atoms with Crippen LogP contribution in [0.15, 0.2) is 29.4 Å². The number of thioether (sulfide) groups is 1. The fraction of sp³-hybridized carbons (Fsp3) is 0.357. The topological polar surface area (TPSA) is 59.8 Å². The molecule has 0 saturated heterocycles. The van der Waals surface area contributed by atoms with Crippen LogP contribution in [0.25, 0.3) is 11.4 Å². The van der Waals surface area contributed by atoms with Gasteiger partial charge in [-0.05, 0) is 19.9 Å². The van der Waals surface area contributed by atoms with E-state index < -0.39 is 0 Å². The normalized spacial score (nSPS) is 10.6. The van der Waals surface area contributed by atoms with Crippen LogP contribution in [0.2, 0.25) is 0 Å². The van der Waals surface area contributed by atoms with Crippen molar-refractivity contribution in [2.75, 3.05) is 12.8 Å². The van der Waals surface area contributed by atoms with Gasteiger partial charge in [0.25, 0.3) is 0 Å². The number of nitrogens with zero attached hydrogens (tertiary/aromatic N) is 3. The van der Waals surface area contributed by atoms with E-state index >= 15 is 0 Å². The molecule has 2 rings (SSSR count). The number of carbonyl (C=O) groups is 1. The summed E-state index contributed by atoms with van der Waals surface area (Å²) in [6.07, 6.45) is 0. The van der Waals surface area contributed by atoms with Crippen molar-refractivity contribution in [1.82, 2.24) is 20.1 Å². The van der Waals surface area contributed by atoms with E-state index in [2.05, 4.69) is 34.6 Å². The van der Waals surface area contributed by atoms with Gasteiger partial charge in [-0.25, -0.2) is 0 Å². The van der Waals surface area contributed by atoms with Crippen molar-refractivity contribution in [3.63, 3.8) is 0 Å². The maximum Gasteiger partial charge on any atom is 0.230 e. The molecule has 1 N–H and O–H groups in total. The summed E-state index contributed by atoms with van der Waals surface area (Å²) in [6, 6.07) is 8.17. The molecule has 5 nitrogen and oxygen atoms in total. The van der Waals surface area contributed by atoms with Gasteiger partial charge in [-0.3, -0.25) is 4.79 Å². The van der Waals surface area contributed by atoms with Gasteiger partial charge in [-0.1, -0.05) is 35.5 Å². The molecule has 0 radical (unpaired) electrons. The second kappa shape index (κ2) is 6.56. The zero-order valence-corrected chi connectivity index (χ0v) is 12.7. The smallest absolute Gasteiger partial charge is 0.230 e. The van der Waals surface area contributed by atoms with Crippen molar-refractivity contribution in [1.29, 1.82) is 0 Å². The largest absolute Gasteiger partial charge is 0.358 e. The quantitative estimate of drug-likeness (QED) is 0.857. The van der Waals surface area contributed by atoms with Crippen LogP contribution in [-0.4, -0.2) is 33.5 Å². The number of nitrogens with one attached hydrogen (secondary N) is 1. The molecule has 0 aliphatic carbocycles. The summed E-state index contributed by atoms with van der Waals surface area (Å²) in [5, 5.41) is 11.8. The predicted octanol–water partition coefficient (Wildman–Crippen LogP) is 2.11. The summed E-state index contributed by atoms with van der Waals surface area (Å²) in [4.78, 5) is 11.3. The van der Waals surface area contributed by atoms with E-state index in [9.17, 15) is 4.79 Å². The Kier molecular flexibility index (Phi) is 4.79. The average Bonchev–Trinajstić information content (AvgIpc) is 2.87. The van der Waals surface area contributed by atoms with Crippen LogP contribution >= 0.6 is 11.8 Å². The van der Waals surface area contributed by atoms with Gasteiger partial charge in [0.05, 0.1) is 5.75 Å². The second-order valence-electron chi connectivity index (χ2n) is 4.38. The van der Waals surface area contributed by atoms with Crippen LogP contribution in [0, 0.1) is 6.92 Å². The van der Waals surface area contributed by atoms with Gasteiger partial charge in [0.2, 0.25) is 5.91 Å². The highest BCUT2D eigenvalue weighted by Crippen LogP contribution is 2.24. The Morgan fingerprint density at radius 1 is 1.40 bits per heavy atom. The van der Waals surface area contributed by atoms with Crippen molar-refractivity contribution in [3.05, 3.63) is 29.8 Å². The van der Waals surface area contributed by atoms with Crippen molar-refractivity contribution >= 4 is 17.7 Å². The van der Waals surface area contributed by atoms with Crippen molar-refractivity contribution < 1.29 is 4.79 Å². The minimum Gasteiger partial charge on any atom is -0.358 e. The molecule has 0 bridgehead atoms. The first-order valence-corrected chi connectivity index (χ1v) is 7.48. The van der Waals surface area contributed by atoms with Crippen LogP contribution < -0.4 is 5.32 Å². The van der Waals surface area contributed by atoms with E-state index in [-0.39, 0.29) is 5.91 Å². The molecular weight excluding hydrogens is 272 g/mol. The lowest BCUT2D eigenvalue weighted by Gasteiger charge is -2.07. The molecule has 6 heteroatoms. The van der Waals surface area contributed by atoms with Gasteiger partial charge < -0.3 is 9.88 Å². The first kappa shape index (κ1) is 14.6. The van der Waals surface area contributed by atoms with Crippen LogP contribution in [0.1, 0.15) is 12.5 Å². The molecule has 1 heterocycles. The number of aryl methyl sites for hydroxylation is 1. The molecule has 2 aromatic rings. The number of carbonyl (C=O) groups excluding carboxylic acids is 1. The van der Waals surface area contributed by atoms with Crippen LogP contribution in [0.4, 0.5) is 0 Å². The lowest BCUT2D eigenvalue weighted by Crippen LogP contribution is -2.20. The standard InChI is InChI=1S/C14H18N4OS/c1-4-18-13(11-7-5-6-10(2)8-11)16-17-14(18)20-9-12(19)15-3/h5-8H,4,9H2,1-3H3,(H,15,19). The number of benzene rings is 1. The third-order valence-electron chi connectivity index (χ3n) is 2.92. The van der Waals surface area contributed by atoms with Crippen LogP contribution in [-0.2, 0) is 11.3 Å². The molecule has 1 amide bonds. The van der Waals surface area contributed by atoms with Gasteiger partial charge in [-0.2, -0.15) is 0 Å². The van der Waals surface area contributed by atoms with E-state index in [1.165, 1.54) is 17.3 Å². The third-order valence-corrected chi connectivity index (χ3v) is 3.89. The van der Waals surface area contributed by atoms with E-state index in [0.29, 0.717) is 5.75 Å². The molecule has 1 aromatic heterocycles. The van der Waals surface area contributed by atoms with Gasteiger partial charge in [0, 0.05) is 19.2 Å². The summed E-state index contributed by atoms with van der Waals surface area (Å²) >= 11 is 1.40. The molecule has 0 aliphatic rings. The van der Waals surface area contributed by atoms with Gasteiger partial charge >= 0.3 is 0 Å². The monoisotopic (exact) mass is 290 g/mol. The summed E-state index contributed by atoms with van der Waals surface area (Å²) in [6.45, 7) is 4.87. The van der Waals surface area contributed by atoms with E-state index in [1.54, 1.807) is 7.05 Å². The fourth-order valence-electron chi connectivity index (χ4n) is 1.88. The molecule has 0 fully saturated rings. The van der Waals surface area contributed by atoms with Crippen molar-refractivity contribution in [2.45, 2.75) is 25.5 Å². The highest BCUT2D eigenvalue weighted by Gasteiger charge is 2.14. The Balaban J connectivity index is 2.27. The molecule has 20 heavy (non-hydrogen) atoms. The fourth-order valence-corrected chi connectivity index (χ4v) is 2.75. The molecule has 0 saturated carbocycles. The summed E-state index contributed by atoms with van der Waals surface area (Å²) in [5.74, 6) is 1.18. The SMILES string of the molecule is CCn1c(SCC(=O)NC)nnc1-c1cccc(C)c1. The summed E-state index contributed by atoms with van der Waals surface area (Å²) < 4.78 is 2.03. The average molecular weight is 290 g/mol. The van der Waals surface area contributed by atoms with Gasteiger partial charge in [0.15, 0.2) is 11.0 Å². The molecule has 0 unspecified atom stereocenters. The zero-order valence-electron chi connectivity index (χ0n) is 11.9. The van der Waals surface area contributed by atoms with Crippen molar-refractivity contribution in [2.24, 2.45) is 0 Å². The molecule has 106 valence electrons. The Hall–Kier alpha value is -1.82. The van der Waals surface area contributed by atoms with Gasteiger partial charge in [0.1, 0.15) is 0 Å². The maximum absolute atomic E-state index is 11.3. The Morgan fingerprint density at radius 3 is 2.85 bits per heavy atom. The minimum absolute atomic E-state index is 0.0160. The Morgan fingerprint density at radius 2 is 2.20 bits per heavy atom. The van der Waals surface area contributed by atoms with Crippen molar-refractivity contribution in [3.8, 4) is 11.4 Å². The highest BCUT2D eigenvalue weighted by molar-refractivity contribution is 7.99. The highest BCUT2D eigenvalue weighted by atomic mass is 32.2. The molecule has 1 aromatic carbocycles. The zero-order chi connectivity index (χ0) is 14.5. The Labute approximate surface area is 122 Å². The number of rotatable bonds is 5. The lowest BCUT2D eigenvalue weighted by molar-refractivity contribution is -0.118. The lowest BCUT2D eigenvalue weighted by atomic mass is 10.1. The Bertz CT molecular complexity index is 609. The molecule has 0 spiro atoms. The summed E-state index contributed by atoms with van der Waals surface area (Å²) in [7, 11) is 1.63. The number of amides is 1. The first-order valence-electron chi connectivity index (χ1n) is 6.49. The summed E-state index contributed by atoms with van der Waals surface area (Å²) in [5.41, 5.74) is 2.24. The van der Waals surface area contributed by atoms with E-state index in [4.69, 9.17) is 0 Å². The van der Waals surface area contributed by atoms with Crippen LogP contribution in [0.3, 0.4) is 0 Å². The molecule has 0 atom stereocenters. The van der Waals surface area contributed by atoms with Crippen LogP contribution in [0.5, 0.6) is 0 Å². The predicted molar refractivity (Wildman–Crippen MR) is 80.7 cm³/mol. The van der Waals surface area contributed by atoms with E-state index in [1.807, 2.05) is 23.6 Å². The number of aromatic nitrogens is 3. The number of hydrogen-bond donors (Lipinski definition) is 1. The third kappa shape index (κ3) is 3.19. The first-order chi connectivity index (χ1) is 9.65. The number of hydrogen-bond acceptors (Lipinski definition) is 4. The molecular formula is C14H18N4OS. The minimum atomic E-state index is -0.0160. The molecule has 0 aliphatic heterocycles. The van der Waals surface area contributed by atoms with E-state index in [0.717, 1.165) is 23.1 Å². The second-order valence-corrected chi connectivity index (χ2v) is 5.32.